The summed E-state index contributed by atoms with van der Waals surface area (Å²) in [5.41, 5.74) is -0.224. The van der Waals surface area contributed by atoms with Crippen molar-refractivity contribution in [3.8, 4) is 0 Å². The van der Waals surface area contributed by atoms with Gasteiger partial charge in [-0.2, -0.15) is 0 Å². The second-order valence-electron chi connectivity index (χ2n) is 20.0. The highest BCUT2D eigenvalue weighted by Crippen LogP contribution is 2.61. The molecular weight excluding hydrogens is 670 g/mol. The van der Waals surface area contributed by atoms with E-state index in [4.69, 9.17) is 0 Å². The van der Waals surface area contributed by atoms with Crippen LogP contribution in [0.2, 0.25) is 0 Å². The summed E-state index contributed by atoms with van der Waals surface area (Å²) in [4.78, 5) is 12.5. The van der Waals surface area contributed by atoms with Crippen molar-refractivity contribution >= 4 is 14.6 Å². The number of unbranched alkanes of at least 4 members (excludes halogenated alkanes) is 20. The van der Waals surface area contributed by atoms with Crippen LogP contribution >= 0.6 is 14.6 Å². The van der Waals surface area contributed by atoms with Gasteiger partial charge in [0.05, 0.1) is 24.6 Å². The molecule has 0 aromatic rings. The van der Waals surface area contributed by atoms with Gasteiger partial charge < -0.3 is 9.46 Å². The lowest BCUT2D eigenvalue weighted by Crippen LogP contribution is -2.29. The molecule has 0 radical (unpaired) electrons. The van der Waals surface area contributed by atoms with Crippen molar-refractivity contribution in [2.75, 3.05) is 37.0 Å². The first-order valence-corrected chi connectivity index (χ1v) is 28.2. The van der Waals surface area contributed by atoms with Crippen LogP contribution in [0.25, 0.3) is 0 Å². The van der Waals surface area contributed by atoms with Crippen LogP contribution in [0.5, 0.6) is 0 Å². The van der Waals surface area contributed by atoms with Gasteiger partial charge in [-0.1, -0.05) is 186 Å². The Labute approximate surface area is 332 Å². The van der Waals surface area contributed by atoms with Crippen molar-refractivity contribution in [1.82, 2.24) is 0 Å². The minimum atomic E-state index is -3.30. The van der Waals surface area contributed by atoms with Crippen LogP contribution in [0, 0.1) is 22.7 Å². The lowest BCUT2D eigenvalue weighted by atomic mass is 9.86. The van der Waals surface area contributed by atoms with Crippen LogP contribution < -0.4 is 4.89 Å². The first-order valence-electron chi connectivity index (χ1n) is 23.6. The Morgan fingerprint density at radius 2 is 0.635 bits per heavy atom. The fourth-order valence-corrected chi connectivity index (χ4v) is 17.2. The molecule has 0 saturated heterocycles. The SMILES string of the molecule is CC(C)CC(C)(C)CP(=O)([O-])CC(C)(C)CC(C)C.CCCCCCCCCCCCCC[P+](CCCCCC)(CCCCCC)CCCCCC. The van der Waals surface area contributed by atoms with Crippen LogP contribution in [0.1, 0.15) is 250 Å². The molecule has 0 heterocycles. The molecule has 0 N–H and O–H groups in total. The number of hydrogen-bond donors (Lipinski definition) is 0. The van der Waals surface area contributed by atoms with Crippen LogP contribution in [0.15, 0.2) is 0 Å². The second kappa shape index (κ2) is 33.7. The summed E-state index contributed by atoms with van der Waals surface area (Å²) in [5, 5.41) is 0. The first-order chi connectivity index (χ1) is 24.5. The molecule has 0 atom stereocenters. The summed E-state index contributed by atoms with van der Waals surface area (Å²) in [6, 6.07) is 0. The Morgan fingerprint density at radius 3 is 0.865 bits per heavy atom. The van der Waals surface area contributed by atoms with Crippen molar-refractivity contribution in [1.29, 1.82) is 0 Å². The van der Waals surface area contributed by atoms with Crippen molar-refractivity contribution in [2.45, 2.75) is 250 Å². The molecule has 0 fully saturated rings. The largest absolute Gasteiger partial charge is 0.799 e. The van der Waals surface area contributed by atoms with Gasteiger partial charge in [-0.25, -0.2) is 0 Å². The third kappa shape index (κ3) is 36.3. The summed E-state index contributed by atoms with van der Waals surface area (Å²) >= 11 is 0. The Morgan fingerprint density at radius 1 is 0.423 bits per heavy atom. The Bertz CT molecular complexity index is 743. The molecule has 0 aromatic heterocycles. The lowest BCUT2D eigenvalue weighted by Gasteiger charge is -2.39. The molecule has 0 rings (SSSR count). The number of hydrogen-bond acceptors (Lipinski definition) is 2. The van der Waals surface area contributed by atoms with E-state index in [9.17, 15) is 9.46 Å². The molecule has 0 aliphatic carbocycles. The monoisotopic (exact) mass is 773 g/mol. The fourth-order valence-electron chi connectivity index (χ4n) is 9.28. The average Bonchev–Trinajstić information content (AvgIpc) is 3.02. The number of rotatable bonds is 36. The third-order valence-electron chi connectivity index (χ3n) is 11.2. The molecule has 52 heavy (non-hydrogen) atoms. The predicted molar refractivity (Wildman–Crippen MR) is 244 cm³/mol. The molecule has 0 spiro atoms. The Balaban J connectivity index is 0. The zero-order valence-corrected chi connectivity index (χ0v) is 40.3. The maximum atomic E-state index is 12.5. The standard InChI is InChI=1S/C32H68P.C16H35O2P/c1-5-9-13-17-18-19-20-21-22-23-24-28-32-33(29-25-14-10-6-2,30-26-15-11-7-3)31-27-16-12-8-4;1-13(2)9-15(5,6)11-19(17,18)12-16(7,8)10-14(3)4/h5-32H2,1-4H3;13-14H,9-12H2,1-8H3,(H,17,18)/q+1;/p-1. The van der Waals surface area contributed by atoms with Crippen molar-refractivity contribution in [2.24, 2.45) is 22.7 Å². The summed E-state index contributed by atoms with van der Waals surface area (Å²) in [6.07, 6.45) is 44.7. The van der Waals surface area contributed by atoms with E-state index in [0.29, 0.717) is 24.2 Å². The topological polar surface area (TPSA) is 40.1 Å². The van der Waals surface area contributed by atoms with E-state index in [1.807, 2.05) is 0 Å². The first kappa shape index (κ1) is 54.7. The third-order valence-corrected chi connectivity index (χ3v) is 18.9. The van der Waals surface area contributed by atoms with Crippen LogP contribution in [0.3, 0.4) is 0 Å². The smallest absolute Gasteiger partial charge is 0.0594 e. The van der Waals surface area contributed by atoms with Gasteiger partial charge >= 0.3 is 0 Å². The zero-order valence-electron chi connectivity index (χ0n) is 38.5. The highest BCUT2D eigenvalue weighted by atomic mass is 31.2. The van der Waals surface area contributed by atoms with Gasteiger partial charge in [0.25, 0.3) is 0 Å². The maximum absolute atomic E-state index is 12.5. The van der Waals surface area contributed by atoms with E-state index in [1.54, 1.807) is 50.3 Å². The molecule has 0 saturated carbocycles. The predicted octanol–water partition coefficient (Wildman–Crippen LogP) is 17.2. The van der Waals surface area contributed by atoms with Crippen LogP contribution in [-0.4, -0.2) is 37.0 Å². The molecule has 0 bridgehead atoms. The minimum Gasteiger partial charge on any atom is -0.799 e. The van der Waals surface area contributed by atoms with Gasteiger partial charge in [0.2, 0.25) is 0 Å². The highest BCUT2D eigenvalue weighted by Gasteiger charge is 2.35. The molecule has 0 aromatic carbocycles. The van der Waals surface area contributed by atoms with E-state index in [-0.39, 0.29) is 10.8 Å². The Kier molecular flexibility index (Phi) is 35.5. The summed E-state index contributed by atoms with van der Waals surface area (Å²) in [5.74, 6) is 1.08. The molecular formula is C48H102O2P2. The van der Waals surface area contributed by atoms with Crippen molar-refractivity contribution in [3.63, 3.8) is 0 Å². The summed E-state index contributed by atoms with van der Waals surface area (Å²) < 4.78 is 12.5. The summed E-state index contributed by atoms with van der Waals surface area (Å²) in [6.45, 7) is 26.3. The second-order valence-corrected chi connectivity index (χ2v) is 26.7. The van der Waals surface area contributed by atoms with Gasteiger partial charge in [-0.3, -0.25) is 0 Å². The van der Waals surface area contributed by atoms with Gasteiger partial charge in [0.15, 0.2) is 0 Å². The normalized spacial score (nSPS) is 12.9. The fraction of sp³-hybridized carbons (Fsp3) is 1.00. The summed E-state index contributed by atoms with van der Waals surface area (Å²) in [7, 11) is -3.99. The van der Waals surface area contributed by atoms with Crippen LogP contribution in [0.4, 0.5) is 0 Å². The van der Waals surface area contributed by atoms with E-state index in [1.165, 1.54) is 128 Å². The van der Waals surface area contributed by atoms with E-state index in [2.05, 4.69) is 83.1 Å². The molecule has 2 nitrogen and oxygen atoms in total. The maximum Gasteiger partial charge on any atom is 0.0594 e. The van der Waals surface area contributed by atoms with E-state index < -0.39 is 14.6 Å². The van der Waals surface area contributed by atoms with Crippen LogP contribution in [-0.2, 0) is 4.57 Å². The quantitative estimate of drug-likeness (QED) is 0.0470. The van der Waals surface area contributed by atoms with E-state index >= 15 is 0 Å². The van der Waals surface area contributed by atoms with Crippen molar-refractivity contribution in [3.05, 3.63) is 0 Å². The average molecular weight is 773 g/mol. The molecule has 0 aliphatic heterocycles. The van der Waals surface area contributed by atoms with E-state index in [0.717, 1.165) is 12.8 Å². The lowest BCUT2D eigenvalue weighted by molar-refractivity contribution is -0.177. The molecule has 4 heteroatoms. The van der Waals surface area contributed by atoms with Gasteiger partial charge in [0, 0.05) is 14.6 Å². The van der Waals surface area contributed by atoms with Crippen molar-refractivity contribution < 1.29 is 9.46 Å². The van der Waals surface area contributed by atoms with Gasteiger partial charge in [-0.05, 0) is 99.2 Å². The van der Waals surface area contributed by atoms with Gasteiger partial charge in [-0.15, -0.1) is 0 Å². The minimum absolute atomic E-state index is 0.112. The molecule has 0 unspecified atom stereocenters. The highest BCUT2D eigenvalue weighted by molar-refractivity contribution is 7.75. The molecule has 316 valence electrons. The van der Waals surface area contributed by atoms with Gasteiger partial charge in [0.1, 0.15) is 0 Å². The molecule has 0 amide bonds. The Hall–Kier alpha value is 0.620. The molecule has 0 aliphatic rings. The zero-order chi connectivity index (χ0) is 39.8.